The summed E-state index contributed by atoms with van der Waals surface area (Å²) in [6, 6.07) is 5.10. The molecule has 0 radical (unpaired) electrons. The summed E-state index contributed by atoms with van der Waals surface area (Å²) in [4.78, 5) is 17.4. The quantitative estimate of drug-likeness (QED) is 0.832. The van der Waals surface area contributed by atoms with Crippen LogP contribution in [0.5, 0.6) is 0 Å². The lowest BCUT2D eigenvalue weighted by molar-refractivity contribution is 0.102. The Morgan fingerprint density at radius 3 is 2.67 bits per heavy atom. The van der Waals surface area contributed by atoms with E-state index in [9.17, 15) is 4.79 Å². The summed E-state index contributed by atoms with van der Waals surface area (Å²) in [5, 5.41) is 3.37. The number of nitrogens with two attached hydrogens (primary N) is 1. The van der Waals surface area contributed by atoms with E-state index in [1.807, 2.05) is 13.8 Å². The van der Waals surface area contributed by atoms with Crippen LogP contribution in [0.2, 0.25) is 0 Å². The van der Waals surface area contributed by atoms with Crippen LogP contribution in [0.3, 0.4) is 0 Å². The number of anilines is 2. The molecule has 2 aromatic rings. The van der Waals surface area contributed by atoms with Gasteiger partial charge in [-0.1, -0.05) is 15.9 Å². The predicted molar refractivity (Wildman–Crippen MR) is 78.1 cm³/mol. The second-order valence-electron chi connectivity index (χ2n) is 3.89. The molecular formula is C12H12BrN3OS. The van der Waals surface area contributed by atoms with E-state index in [-0.39, 0.29) is 5.91 Å². The zero-order valence-corrected chi connectivity index (χ0v) is 12.4. The van der Waals surface area contributed by atoms with Crippen molar-refractivity contribution in [1.82, 2.24) is 4.98 Å². The van der Waals surface area contributed by atoms with Crippen molar-refractivity contribution in [2.75, 3.05) is 11.1 Å². The van der Waals surface area contributed by atoms with E-state index in [2.05, 4.69) is 26.2 Å². The van der Waals surface area contributed by atoms with Crippen LogP contribution in [0.4, 0.5) is 10.8 Å². The number of thiazole rings is 1. The zero-order chi connectivity index (χ0) is 13.3. The van der Waals surface area contributed by atoms with Crippen molar-refractivity contribution in [3.8, 4) is 0 Å². The van der Waals surface area contributed by atoms with Gasteiger partial charge in [0.1, 0.15) is 0 Å². The Morgan fingerprint density at radius 2 is 2.11 bits per heavy atom. The predicted octanol–water partition coefficient (Wildman–Crippen LogP) is 3.36. The van der Waals surface area contributed by atoms with Gasteiger partial charge in [0.25, 0.3) is 5.91 Å². The van der Waals surface area contributed by atoms with Gasteiger partial charge >= 0.3 is 0 Å². The standard InChI is InChI=1S/C12H12BrN3OS/c1-6-7(2)18-12(15-6)16-11(17)8-3-9(13)5-10(14)4-8/h3-5H,14H2,1-2H3,(H,15,16,17). The fourth-order valence-corrected chi connectivity index (χ4v) is 2.76. The SMILES string of the molecule is Cc1nc(NC(=O)c2cc(N)cc(Br)c2)sc1C. The van der Waals surface area contributed by atoms with Crippen LogP contribution in [0, 0.1) is 13.8 Å². The van der Waals surface area contributed by atoms with Crippen LogP contribution in [0.15, 0.2) is 22.7 Å². The van der Waals surface area contributed by atoms with Crippen molar-refractivity contribution in [3.05, 3.63) is 38.8 Å². The van der Waals surface area contributed by atoms with Crippen LogP contribution < -0.4 is 11.1 Å². The Kier molecular flexibility index (Phi) is 3.68. The topological polar surface area (TPSA) is 68.0 Å². The third-order valence-corrected chi connectivity index (χ3v) is 3.88. The van der Waals surface area contributed by atoms with Gasteiger partial charge in [-0.15, -0.1) is 11.3 Å². The van der Waals surface area contributed by atoms with Gasteiger partial charge in [0.15, 0.2) is 5.13 Å². The van der Waals surface area contributed by atoms with Crippen LogP contribution in [0.25, 0.3) is 0 Å². The molecule has 0 bridgehead atoms. The number of aromatic nitrogens is 1. The third kappa shape index (κ3) is 2.88. The van der Waals surface area contributed by atoms with Crippen molar-refractivity contribution in [2.24, 2.45) is 0 Å². The second-order valence-corrected chi connectivity index (χ2v) is 6.01. The number of rotatable bonds is 2. The van der Waals surface area contributed by atoms with Gasteiger partial charge in [-0.3, -0.25) is 10.1 Å². The number of amides is 1. The maximum atomic E-state index is 12.0. The van der Waals surface area contributed by atoms with Gasteiger partial charge in [-0.2, -0.15) is 0 Å². The fraction of sp³-hybridized carbons (Fsp3) is 0.167. The molecule has 0 aliphatic heterocycles. The molecule has 3 N–H and O–H groups in total. The first kappa shape index (κ1) is 13.0. The summed E-state index contributed by atoms with van der Waals surface area (Å²) in [7, 11) is 0. The molecule has 0 fully saturated rings. The lowest BCUT2D eigenvalue weighted by Gasteiger charge is -2.03. The lowest BCUT2D eigenvalue weighted by Crippen LogP contribution is -2.12. The maximum Gasteiger partial charge on any atom is 0.257 e. The number of aryl methyl sites for hydroxylation is 2. The van der Waals surface area contributed by atoms with Crippen LogP contribution in [-0.2, 0) is 0 Å². The van der Waals surface area contributed by atoms with E-state index in [0.29, 0.717) is 16.4 Å². The molecule has 1 heterocycles. The van der Waals surface area contributed by atoms with Crippen molar-refractivity contribution < 1.29 is 4.79 Å². The van der Waals surface area contributed by atoms with Crippen LogP contribution in [-0.4, -0.2) is 10.9 Å². The molecule has 4 nitrogen and oxygen atoms in total. The average Bonchev–Trinajstić information content (AvgIpc) is 2.56. The minimum atomic E-state index is -0.211. The number of carbonyl (C=O) groups is 1. The molecule has 6 heteroatoms. The number of nitrogen functional groups attached to an aromatic ring is 1. The summed E-state index contributed by atoms with van der Waals surface area (Å²) >= 11 is 4.77. The second kappa shape index (κ2) is 5.07. The zero-order valence-electron chi connectivity index (χ0n) is 9.95. The molecule has 0 unspecified atom stereocenters. The molecule has 0 atom stereocenters. The first-order chi connectivity index (χ1) is 8.45. The molecule has 2 rings (SSSR count). The van der Waals surface area contributed by atoms with Crippen molar-refractivity contribution in [2.45, 2.75) is 13.8 Å². The summed E-state index contributed by atoms with van der Waals surface area (Å²) < 4.78 is 0.777. The minimum Gasteiger partial charge on any atom is -0.399 e. The summed E-state index contributed by atoms with van der Waals surface area (Å²) in [6.07, 6.45) is 0. The highest BCUT2D eigenvalue weighted by Crippen LogP contribution is 2.23. The number of benzene rings is 1. The molecule has 1 aromatic carbocycles. The number of halogens is 1. The lowest BCUT2D eigenvalue weighted by atomic mass is 10.2. The number of hydrogen-bond donors (Lipinski definition) is 2. The maximum absolute atomic E-state index is 12.0. The van der Waals surface area contributed by atoms with E-state index < -0.39 is 0 Å². The Hall–Kier alpha value is -1.40. The molecule has 0 saturated carbocycles. The van der Waals surface area contributed by atoms with Gasteiger partial charge < -0.3 is 5.73 Å². The van der Waals surface area contributed by atoms with Crippen LogP contribution >= 0.6 is 27.3 Å². The molecule has 0 saturated heterocycles. The van der Waals surface area contributed by atoms with E-state index >= 15 is 0 Å². The molecule has 0 aliphatic carbocycles. The van der Waals surface area contributed by atoms with E-state index in [1.54, 1.807) is 18.2 Å². The van der Waals surface area contributed by atoms with Gasteiger partial charge in [0.05, 0.1) is 5.69 Å². The first-order valence-corrected chi connectivity index (χ1v) is 6.88. The molecule has 0 spiro atoms. The summed E-state index contributed by atoms with van der Waals surface area (Å²) in [5.74, 6) is -0.211. The average molecular weight is 326 g/mol. The fourth-order valence-electron chi connectivity index (χ4n) is 1.44. The Labute approximate surface area is 117 Å². The highest BCUT2D eigenvalue weighted by Gasteiger charge is 2.11. The normalized spacial score (nSPS) is 10.4. The molecule has 1 amide bonds. The van der Waals surface area contributed by atoms with Gasteiger partial charge in [0, 0.05) is 20.6 Å². The van der Waals surface area contributed by atoms with E-state index in [4.69, 9.17) is 5.73 Å². The van der Waals surface area contributed by atoms with Gasteiger partial charge in [-0.25, -0.2) is 4.98 Å². The molecular weight excluding hydrogens is 314 g/mol. The largest absolute Gasteiger partial charge is 0.399 e. The Morgan fingerprint density at radius 1 is 1.39 bits per heavy atom. The number of nitrogens with zero attached hydrogens (tertiary/aromatic N) is 1. The third-order valence-electron chi connectivity index (χ3n) is 2.43. The van der Waals surface area contributed by atoms with Crippen molar-refractivity contribution in [1.29, 1.82) is 0 Å². The highest BCUT2D eigenvalue weighted by molar-refractivity contribution is 9.10. The highest BCUT2D eigenvalue weighted by atomic mass is 79.9. The number of carbonyl (C=O) groups excluding carboxylic acids is 1. The summed E-state index contributed by atoms with van der Waals surface area (Å²) in [5.41, 5.74) is 7.68. The number of nitrogens with one attached hydrogen (secondary N) is 1. The van der Waals surface area contributed by atoms with Crippen molar-refractivity contribution >= 4 is 44.0 Å². The van der Waals surface area contributed by atoms with Gasteiger partial charge in [0.2, 0.25) is 0 Å². The Bertz CT molecular complexity index is 570. The number of hydrogen-bond acceptors (Lipinski definition) is 4. The molecule has 0 aliphatic rings. The van der Waals surface area contributed by atoms with Gasteiger partial charge in [-0.05, 0) is 32.0 Å². The van der Waals surface area contributed by atoms with E-state index in [0.717, 1.165) is 15.0 Å². The molecule has 18 heavy (non-hydrogen) atoms. The van der Waals surface area contributed by atoms with E-state index in [1.165, 1.54) is 11.3 Å². The molecule has 1 aromatic heterocycles. The smallest absolute Gasteiger partial charge is 0.257 e. The minimum absolute atomic E-state index is 0.211. The van der Waals surface area contributed by atoms with Crippen LogP contribution in [0.1, 0.15) is 20.9 Å². The Balaban J connectivity index is 2.21. The molecule has 94 valence electrons. The first-order valence-electron chi connectivity index (χ1n) is 5.27. The monoisotopic (exact) mass is 325 g/mol. The van der Waals surface area contributed by atoms with Crippen molar-refractivity contribution in [3.63, 3.8) is 0 Å². The summed E-state index contributed by atoms with van der Waals surface area (Å²) in [6.45, 7) is 3.89.